The first-order valence-electron chi connectivity index (χ1n) is 6.49. The van der Waals surface area contributed by atoms with Crippen LogP contribution in [0.5, 0.6) is 11.5 Å². The predicted molar refractivity (Wildman–Crippen MR) is 94.2 cm³/mol. The lowest BCUT2D eigenvalue weighted by Crippen LogP contribution is -2.15. The highest BCUT2D eigenvalue weighted by molar-refractivity contribution is 14.1. The summed E-state index contributed by atoms with van der Waals surface area (Å²) in [5.41, 5.74) is 1.13. The number of anilines is 1. The minimum atomic E-state index is -4.10. The maximum atomic E-state index is 14.2. The van der Waals surface area contributed by atoms with Gasteiger partial charge >= 0.3 is 0 Å². The van der Waals surface area contributed by atoms with E-state index in [0.29, 0.717) is 5.69 Å². The summed E-state index contributed by atoms with van der Waals surface area (Å²) < 4.78 is 52.5. The number of benzene rings is 2. The number of halogens is 2. The molecular formula is C15H15FINO4S. The predicted octanol–water partition coefficient (Wildman–Crippen LogP) is 3.56. The molecule has 0 amide bonds. The monoisotopic (exact) mass is 451 g/mol. The molecule has 0 fully saturated rings. The van der Waals surface area contributed by atoms with Crippen LogP contribution in [-0.2, 0) is 10.0 Å². The van der Waals surface area contributed by atoms with Gasteiger partial charge < -0.3 is 9.47 Å². The van der Waals surface area contributed by atoms with E-state index in [4.69, 9.17) is 9.47 Å². The van der Waals surface area contributed by atoms with Crippen LogP contribution >= 0.6 is 22.6 Å². The maximum Gasteiger partial charge on any atom is 0.264 e. The molecule has 0 saturated heterocycles. The third-order valence-corrected chi connectivity index (χ3v) is 5.21. The van der Waals surface area contributed by atoms with Gasteiger partial charge in [0.15, 0.2) is 11.5 Å². The van der Waals surface area contributed by atoms with E-state index in [9.17, 15) is 12.8 Å². The highest BCUT2D eigenvalue weighted by Gasteiger charge is 2.23. The smallest absolute Gasteiger partial charge is 0.264 e. The van der Waals surface area contributed by atoms with Crippen molar-refractivity contribution in [2.45, 2.75) is 11.8 Å². The molecule has 0 heterocycles. The van der Waals surface area contributed by atoms with Crippen molar-refractivity contribution in [2.75, 3.05) is 18.9 Å². The Morgan fingerprint density at radius 2 is 1.70 bits per heavy atom. The molecule has 0 spiro atoms. The van der Waals surface area contributed by atoms with E-state index in [1.54, 1.807) is 19.1 Å². The second-order valence-electron chi connectivity index (χ2n) is 4.70. The lowest BCUT2D eigenvalue weighted by molar-refractivity contribution is 0.350. The number of hydrogen-bond donors (Lipinski definition) is 1. The average molecular weight is 451 g/mol. The molecule has 2 aromatic rings. The first-order chi connectivity index (χ1) is 10.8. The molecule has 0 unspecified atom stereocenters. The second kappa shape index (κ2) is 6.91. The Balaban J connectivity index is 2.47. The normalized spacial score (nSPS) is 11.2. The van der Waals surface area contributed by atoms with Crippen LogP contribution in [-0.4, -0.2) is 22.6 Å². The van der Waals surface area contributed by atoms with E-state index < -0.39 is 20.7 Å². The minimum Gasteiger partial charge on any atom is -0.493 e. The van der Waals surface area contributed by atoms with Gasteiger partial charge in [0.05, 0.1) is 19.9 Å². The van der Waals surface area contributed by atoms with Gasteiger partial charge in [0.25, 0.3) is 10.0 Å². The van der Waals surface area contributed by atoms with E-state index in [-0.39, 0.29) is 11.5 Å². The van der Waals surface area contributed by atoms with Gasteiger partial charge in [-0.1, -0.05) is 0 Å². The van der Waals surface area contributed by atoms with E-state index in [1.807, 2.05) is 6.07 Å². The van der Waals surface area contributed by atoms with Crippen LogP contribution in [0, 0.1) is 16.3 Å². The molecule has 0 aromatic heterocycles. The van der Waals surface area contributed by atoms with Crippen molar-refractivity contribution in [2.24, 2.45) is 0 Å². The summed E-state index contributed by atoms with van der Waals surface area (Å²) in [6, 6.07) is 7.29. The summed E-state index contributed by atoms with van der Waals surface area (Å²) in [4.78, 5) is -0.506. The second-order valence-corrected chi connectivity index (χ2v) is 7.60. The van der Waals surface area contributed by atoms with Crippen LogP contribution in [0.1, 0.15) is 5.56 Å². The number of methoxy groups -OCH3 is 2. The molecule has 2 aromatic carbocycles. The van der Waals surface area contributed by atoms with Crippen molar-refractivity contribution in [1.82, 2.24) is 0 Å². The van der Waals surface area contributed by atoms with Gasteiger partial charge in [-0.05, 0) is 53.3 Å². The average Bonchev–Trinajstić information content (AvgIpc) is 2.49. The first kappa shape index (κ1) is 17.8. The largest absolute Gasteiger partial charge is 0.493 e. The zero-order valence-electron chi connectivity index (χ0n) is 12.7. The Morgan fingerprint density at radius 3 is 2.26 bits per heavy atom. The third kappa shape index (κ3) is 3.86. The Hall–Kier alpha value is -1.55. The van der Waals surface area contributed by atoms with E-state index in [1.165, 1.54) is 14.2 Å². The summed E-state index contributed by atoms with van der Waals surface area (Å²) in [7, 11) is -1.40. The Bertz CT molecular complexity index is 840. The van der Waals surface area contributed by atoms with E-state index >= 15 is 0 Å². The van der Waals surface area contributed by atoms with Gasteiger partial charge in [-0.3, -0.25) is 4.72 Å². The van der Waals surface area contributed by atoms with Crippen LogP contribution in [0.2, 0.25) is 0 Å². The van der Waals surface area contributed by atoms with Crippen molar-refractivity contribution in [3.05, 3.63) is 45.3 Å². The molecule has 0 bridgehead atoms. The van der Waals surface area contributed by atoms with Crippen LogP contribution in [0.25, 0.3) is 0 Å². The van der Waals surface area contributed by atoms with Crippen molar-refractivity contribution in [3.63, 3.8) is 0 Å². The number of rotatable bonds is 5. The number of aryl methyl sites for hydroxylation is 1. The molecule has 0 aliphatic heterocycles. The van der Waals surface area contributed by atoms with Crippen LogP contribution in [0.3, 0.4) is 0 Å². The van der Waals surface area contributed by atoms with Crippen molar-refractivity contribution in [3.8, 4) is 11.5 Å². The van der Waals surface area contributed by atoms with Crippen LogP contribution in [0.4, 0.5) is 10.1 Å². The topological polar surface area (TPSA) is 64.6 Å². The number of ether oxygens (including phenoxy) is 2. The Kier molecular flexibility index (Phi) is 5.35. The first-order valence-corrected chi connectivity index (χ1v) is 9.05. The molecule has 23 heavy (non-hydrogen) atoms. The van der Waals surface area contributed by atoms with Crippen LogP contribution < -0.4 is 14.2 Å². The van der Waals surface area contributed by atoms with Gasteiger partial charge in [-0.2, -0.15) is 0 Å². The molecule has 1 N–H and O–H groups in total. The van der Waals surface area contributed by atoms with Crippen molar-refractivity contribution in [1.29, 1.82) is 0 Å². The summed E-state index contributed by atoms with van der Waals surface area (Å²) in [5, 5.41) is 0. The quantitative estimate of drug-likeness (QED) is 0.707. The summed E-state index contributed by atoms with van der Waals surface area (Å²) in [6.45, 7) is 1.77. The molecule has 0 aliphatic rings. The molecule has 5 nitrogen and oxygen atoms in total. The fourth-order valence-electron chi connectivity index (χ4n) is 1.98. The molecule has 2 rings (SSSR count). The van der Waals surface area contributed by atoms with Crippen molar-refractivity contribution < 1.29 is 22.3 Å². The molecule has 0 aliphatic carbocycles. The summed E-state index contributed by atoms with van der Waals surface area (Å²) in [5.74, 6) is -0.665. The van der Waals surface area contributed by atoms with Gasteiger partial charge in [0.2, 0.25) is 0 Å². The Labute approximate surface area is 148 Å². The molecule has 0 radical (unpaired) electrons. The summed E-state index contributed by atoms with van der Waals surface area (Å²) >= 11 is 2.13. The summed E-state index contributed by atoms with van der Waals surface area (Å²) in [6.07, 6.45) is 0. The highest BCUT2D eigenvalue weighted by Crippen LogP contribution is 2.33. The molecule has 124 valence electrons. The maximum absolute atomic E-state index is 14.2. The third-order valence-electron chi connectivity index (χ3n) is 3.16. The molecule has 0 saturated carbocycles. The zero-order chi connectivity index (χ0) is 17.2. The molecule has 0 atom stereocenters. The number of sulfonamides is 1. The zero-order valence-corrected chi connectivity index (χ0v) is 15.7. The fourth-order valence-corrected chi connectivity index (χ4v) is 3.84. The lowest BCUT2D eigenvalue weighted by Gasteiger charge is -2.14. The minimum absolute atomic E-state index is 0.120. The molecule has 8 heteroatoms. The SMILES string of the molecule is COc1cc(F)c(S(=O)(=O)Nc2ccc(I)cc2C)cc1OC. The van der Waals surface area contributed by atoms with E-state index in [0.717, 1.165) is 21.3 Å². The number of hydrogen-bond acceptors (Lipinski definition) is 4. The Morgan fingerprint density at radius 1 is 1.09 bits per heavy atom. The highest BCUT2D eigenvalue weighted by atomic mass is 127. The van der Waals surface area contributed by atoms with E-state index in [2.05, 4.69) is 27.3 Å². The van der Waals surface area contributed by atoms with Gasteiger partial charge in [-0.15, -0.1) is 0 Å². The van der Waals surface area contributed by atoms with Gasteiger partial charge in [-0.25, -0.2) is 12.8 Å². The standard InChI is InChI=1S/C15H15FINO4S/c1-9-6-10(17)4-5-12(9)18-23(19,20)15-8-14(22-3)13(21-2)7-11(15)16/h4-8,18H,1-3H3. The van der Waals surface area contributed by atoms with Crippen LogP contribution in [0.15, 0.2) is 35.2 Å². The molecular weight excluding hydrogens is 436 g/mol. The van der Waals surface area contributed by atoms with Gasteiger partial charge in [0, 0.05) is 15.7 Å². The fraction of sp³-hybridized carbons (Fsp3) is 0.200. The van der Waals surface area contributed by atoms with Gasteiger partial charge in [0.1, 0.15) is 10.7 Å². The number of nitrogens with one attached hydrogen (secondary N) is 1. The van der Waals surface area contributed by atoms with Crippen molar-refractivity contribution >= 4 is 38.3 Å². The lowest BCUT2D eigenvalue weighted by atomic mass is 10.2.